The molecule has 0 N–H and O–H groups in total. The second kappa shape index (κ2) is 15.4. The molecule has 1 amide bonds. The number of unbranched alkanes of at least 4 members (excludes halogenated alkanes) is 6. The van der Waals surface area contributed by atoms with Gasteiger partial charge in [-0.1, -0.05) is 105 Å². The molecule has 188 valence electrons. The lowest BCUT2D eigenvalue weighted by molar-refractivity contribution is -0.140. The monoisotopic (exact) mass is 447 g/mol. The summed E-state index contributed by atoms with van der Waals surface area (Å²) in [6, 6.07) is 0. The van der Waals surface area contributed by atoms with E-state index in [0.29, 0.717) is 17.2 Å². The van der Waals surface area contributed by atoms with E-state index in [1.54, 1.807) is 0 Å². The molecule has 0 aromatic heterocycles. The first-order valence-corrected chi connectivity index (χ1v) is 14.9. The highest BCUT2D eigenvalue weighted by Gasteiger charge is 2.46. The Labute approximate surface area is 201 Å². The van der Waals surface area contributed by atoms with Gasteiger partial charge in [0.25, 0.3) is 0 Å². The van der Waals surface area contributed by atoms with E-state index >= 15 is 0 Å². The molecule has 1 spiro atoms. The molecular formula is C30H57NO. The van der Waals surface area contributed by atoms with E-state index in [4.69, 9.17) is 0 Å². The van der Waals surface area contributed by atoms with Crippen LogP contribution in [0.3, 0.4) is 0 Å². The summed E-state index contributed by atoms with van der Waals surface area (Å²) in [6.45, 7) is 11.3. The van der Waals surface area contributed by atoms with Crippen LogP contribution in [0.2, 0.25) is 0 Å². The zero-order valence-electron chi connectivity index (χ0n) is 22.4. The maximum atomic E-state index is 13.3. The lowest BCUT2D eigenvalue weighted by Gasteiger charge is -2.53. The third-order valence-corrected chi connectivity index (χ3v) is 8.84. The lowest BCUT2D eigenvalue weighted by atomic mass is 9.55. The van der Waals surface area contributed by atoms with Gasteiger partial charge in [-0.2, -0.15) is 0 Å². The van der Waals surface area contributed by atoms with Gasteiger partial charge in [-0.3, -0.25) is 4.79 Å². The minimum absolute atomic E-state index is 0.299. The quantitative estimate of drug-likeness (QED) is 0.203. The van der Waals surface area contributed by atoms with E-state index in [0.717, 1.165) is 37.8 Å². The van der Waals surface area contributed by atoms with Gasteiger partial charge in [0.05, 0.1) is 0 Å². The number of amides is 1. The van der Waals surface area contributed by atoms with E-state index in [1.807, 2.05) is 0 Å². The van der Waals surface area contributed by atoms with Gasteiger partial charge in [0, 0.05) is 19.0 Å². The van der Waals surface area contributed by atoms with Crippen molar-refractivity contribution in [2.75, 3.05) is 13.1 Å². The molecule has 0 aromatic carbocycles. The van der Waals surface area contributed by atoms with Gasteiger partial charge in [-0.25, -0.2) is 0 Å². The Balaban J connectivity index is 1.76. The Hall–Kier alpha value is -0.530. The summed E-state index contributed by atoms with van der Waals surface area (Å²) >= 11 is 0. The minimum atomic E-state index is 0.299. The highest BCUT2D eigenvalue weighted by Crippen LogP contribution is 2.55. The number of hydrogen-bond donors (Lipinski definition) is 0. The first kappa shape index (κ1) is 27.7. The second-order valence-corrected chi connectivity index (χ2v) is 11.7. The van der Waals surface area contributed by atoms with Crippen LogP contribution < -0.4 is 0 Å². The van der Waals surface area contributed by atoms with Crippen molar-refractivity contribution in [1.82, 2.24) is 4.90 Å². The number of carbonyl (C=O) groups is 1. The number of likely N-dealkylation sites (tertiary alicyclic amines) is 1. The van der Waals surface area contributed by atoms with Crippen molar-refractivity contribution in [1.29, 1.82) is 0 Å². The van der Waals surface area contributed by atoms with Crippen LogP contribution in [0.1, 0.15) is 150 Å². The topological polar surface area (TPSA) is 20.3 Å². The molecule has 0 radical (unpaired) electrons. The molecule has 2 rings (SSSR count). The molecule has 1 aliphatic carbocycles. The summed E-state index contributed by atoms with van der Waals surface area (Å²) in [6.07, 6.45) is 25.2. The van der Waals surface area contributed by atoms with Gasteiger partial charge in [0.1, 0.15) is 0 Å². The molecule has 0 bridgehead atoms. The number of carbonyl (C=O) groups excluding carboxylic acids is 1. The highest BCUT2D eigenvalue weighted by atomic mass is 16.2. The Morgan fingerprint density at radius 1 is 0.750 bits per heavy atom. The highest BCUT2D eigenvalue weighted by molar-refractivity contribution is 5.79. The molecule has 2 nitrogen and oxygen atoms in total. The second-order valence-electron chi connectivity index (χ2n) is 11.7. The number of nitrogens with zero attached hydrogens (tertiary/aromatic N) is 1. The van der Waals surface area contributed by atoms with Gasteiger partial charge in [0.15, 0.2) is 0 Å². The van der Waals surface area contributed by atoms with Crippen molar-refractivity contribution < 1.29 is 4.79 Å². The van der Waals surface area contributed by atoms with Crippen LogP contribution in [0.5, 0.6) is 0 Å². The molecule has 1 saturated heterocycles. The molecule has 1 aliphatic heterocycles. The summed E-state index contributed by atoms with van der Waals surface area (Å²) in [5.74, 6) is 2.76. The molecule has 1 heterocycles. The Morgan fingerprint density at radius 3 is 1.84 bits per heavy atom. The summed E-state index contributed by atoms with van der Waals surface area (Å²) in [7, 11) is 0. The van der Waals surface area contributed by atoms with Crippen molar-refractivity contribution in [3.05, 3.63) is 0 Å². The van der Waals surface area contributed by atoms with Crippen LogP contribution in [0.4, 0.5) is 0 Å². The minimum Gasteiger partial charge on any atom is -0.342 e. The van der Waals surface area contributed by atoms with Crippen molar-refractivity contribution in [3.63, 3.8) is 0 Å². The van der Waals surface area contributed by atoms with Gasteiger partial charge in [-0.05, 0) is 62.2 Å². The van der Waals surface area contributed by atoms with E-state index < -0.39 is 0 Å². The van der Waals surface area contributed by atoms with Crippen molar-refractivity contribution in [2.24, 2.45) is 23.2 Å². The van der Waals surface area contributed by atoms with E-state index in [-0.39, 0.29) is 0 Å². The Morgan fingerprint density at radius 2 is 1.28 bits per heavy atom. The van der Waals surface area contributed by atoms with Crippen LogP contribution >= 0.6 is 0 Å². The van der Waals surface area contributed by atoms with Crippen molar-refractivity contribution >= 4 is 5.91 Å². The van der Waals surface area contributed by atoms with Gasteiger partial charge < -0.3 is 4.90 Å². The molecule has 0 aromatic rings. The van der Waals surface area contributed by atoms with E-state index in [9.17, 15) is 4.79 Å². The van der Waals surface area contributed by atoms with Crippen LogP contribution in [0.15, 0.2) is 0 Å². The first-order valence-electron chi connectivity index (χ1n) is 14.9. The first-order chi connectivity index (χ1) is 15.6. The largest absolute Gasteiger partial charge is 0.342 e. The van der Waals surface area contributed by atoms with Crippen LogP contribution in [-0.4, -0.2) is 23.9 Å². The zero-order valence-corrected chi connectivity index (χ0v) is 22.4. The molecular weight excluding hydrogens is 390 g/mol. The van der Waals surface area contributed by atoms with Crippen molar-refractivity contribution in [2.45, 2.75) is 150 Å². The average molecular weight is 448 g/mol. The summed E-state index contributed by atoms with van der Waals surface area (Å²) in [5.41, 5.74) is 0.599. The zero-order chi connectivity index (χ0) is 23.2. The van der Waals surface area contributed by atoms with E-state index in [1.165, 1.54) is 109 Å². The van der Waals surface area contributed by atoms with Crippen molar-refractivity contribution in [3.8, 4) is 0 Å². The third kappa shape index (κ3) is 9.02. The average Bonchev–Trinajstić information content (AvgIpc) is 2.79. The third-order valence-electron chi connectivity index (χ3n) is 8.84. The summed E-state index contributed by atoms with van der Waals surface area (Å²) in [4.78, 5) is 15.6. The molecule has 1 saturated carbocycles. The maximum Gasteiger partial charge on any atom is 0.225 e. The summed E-state index contributed by atoms with van der Waals surface area (Å²) in [5, 5.41) is 0. The normalized spacial score (nSPS) is 19.5. The number of piperidine rings is 1. The van der Waals surface area contributed by atoms with Crippen LogP contribution in [0.25, 0.3) is 0 Å². The van der Waals surface area contributed by atoms with Crippen LogP contribution in [-0.2, 0) is 4.79 Å². The molecule has 1 atom stereocenters. The van der Waals surface area contributed by atoms with Gasteiger partial charge in [0.2, 0.25) is 5.91 Å². The predicted molar refractivity (Wildman–Crippen MR) is 140 cm³/mol. The smallest absolute Gasteiger partial charge is 0.225 e. The fourth-order valence-electron chi connectivity index (χ4n) is 6.70. The van der Waals surface area contributed by atoms with Crippen LogP contribution in [0, 0.1) is 23.2 Å². The van der Waals surface area contributed by atoms with Gasteiger partial charge >= 0.3 is 0 Å². The molecule has 2 fully saturated rings. The van der Waals surface area contributed by atoms with Gasteiger partial charge in [-0.15, -0.1) is 0 Å². The fourth-order valence-corrected chi connectivity index (χ4v) is 6.70. The Bertz CT molecular complexity index is 477. The fraction of sp³-hybridized carbons (Fsp3) is 0.967. The number of hydrogen-bond acceptors (Lipinski definition) is 1. The molecule has 32 heavy (non-hydrogen) atoms. The van der Waals surface area contributed by atoms with E-state index in [2.05, 4.69) is 32.6 Å². The summed E-state index contributed by atoms with van der Waals surface area (Å²) < 4.78 is 0. The Kier molecular flexibility index (Phi) is 13.3. The predicted octanol–water partition coefficient (Wildman–Crippen LogP) is 9.17. The molecule has 1 unspecified atom stereocenters. The SMILES string of the molecule is CCCCCCC(CCCC)C(=O)N1CCC2(CC1)CC(CC(CCCC)CCCC)C2. The molecule has 2 aliphatic rings. The number of rotatable bonds is 17. The lowest BCUT2D eigenvalue weighted by Crippen LogP contribution is -2.50. The molecule has 2 heteroatoms. The standard InChI is InChI=1S/C30H57NO/c1-5-9-13-14-18-28(17-12-8-4)29(32)31-21-19-30(20-22-31)24-27(25-30)23-26(15-10-6-2)16-11-7-3/h26-28H,5-25H2,1-4H3. The maximum absolute atomic E-state index is 13.3.